The van der Waals surface area contributed by atoms with Crippen molar-refractivity contribution in [2.24, 2.45) is 0 Å². The third-order valence-electron chi connectivity index (χ3n) is 3.13. The van der Waals surface area contributed by atoms with Gasteiger partial charge in [0.05, 0.1) is 5.69 Å². The highest BCUT2D eigenvalue weighted by Gasteiger charge is 2.14. The van der Waals surface area contributed by atoms with Gasteiger partial charge < -0.3 is 5.73 Å². The first-order chi connectivity index (χ1) is 10.1. The lowest BCUT2D eigenvalue weighted by Gasteiger charge is -2.08. The van der Waals surface area contributed by atoms with Crippen LogP contribution < -0.4 is 5.73 Å². The number of nitrogen functional groups attached to an aromatic ring is 1. The van der Waals surface area contributed by atoms with Gasteiger partial charge in [-0.2, -0.15) is 4.68 Å². The summed E-state index contributed by atoms with van der Waals surface area (Å²) >= 11 is 12.2. The average molecular weight is 320 g/mol. The molecule has 3 aromatic rings. The fraction of sp³-hybridized carbons (Fsp3) is 0.0714. The normalized spacial score (nSPS) is 10.8. The second kappa shape index (κ2) is 5.35. The van der Waals surface area contributed by atoms with E-state index >= 15 is 0 Å². The molecule has 1 heterocycles. The van der Waals surface area contributed by atoms with E-state index in [1.807, 2.05) is 19.1 Å². The molecule has 0 saturated carbocycles. The zero-order valence-corrected chi connectivity index (χ0v) is 12.6. The Labute approximate surface area is 131 Å². The number of rotatable bonds is 2. The molecular formula is C14H11Cl2N5. The smallest absolute Gasteiger partial charge is 0.189 e. The third kappa shape index (κ3) is 2.57. The Bertz CT molecular complexity index is 813. The van der Waals surface area contributed by atoms with Gasteiger partial charge in [0.15, 0.2) is 5.82 Å². The minimum Gasteiger partial charge on any atom is -0.398 e. The lowest BCUT2D eigenvalue weighted by atomic mass is 10.1. The van der Waals surface area contributed by atoms with Gasteiger partial charge in [-0.3, -0.25) is 0 Å². The molecule has 0 unspecified atom stereocenters. The first-order valence-corrected chi connectivity index (χ1v) is 6.92. The fourth-order valence-corrected chi connectivity index (χ4v) is 2.31. The molecule has 5 nitrogen and oxygen atoms in total. The maximum absolute atomic E-state index is 6.16. The lowest BCUT2D eigenvalue weighted by Crippen LogP contribution is -2.02. The molecule has 0 fully saturated rings. The van der Waals surface area contributed by atoms with Crippen LogP contribution in [0.25, 0.3) is 17.1 Å². The van der Waals surface area contributed by atoms with Gasteiger partial charge in [0.2, 0.25) is 0 Å². The van der Waals surface area contributed by atoms with E-state index in [9.17, 15) is 0 Å². The van der Waals surface area contributed by atoms with Crippen molar-refractivity contribution in [3.63, 3.8) is 0 Å². The van der Waals surface area contributed by atoms with Gasteiger partial charge in [-0.05, 0) is 53.2 Å². The topological polar surface area (TPSA) is 69.6 Å². The largest absolute Gasteiger partial charge is 0.398 e. The Kier molecular flexibility index (Phi) is 3.53. The van der Waals surface area contributed by atoms with E-state index in [1.165, 1.54) is 0 Å². The molecule has 0 aliphatic heterocycles. The highest BCUT2D eigenvalue weighted by Crippen LogP contribution is 2.29. The van der Waals surface area contributed by atoms with Crippen LogP contribution in [0.2, 0.25) is 10.0 Å². The van der Waals surface area contributed by atoms with Crippen molar-refractivity contribution in [1.29, 1.82) is 0 Å². The van der Waals surface area contributed by atoms with Crippen LogP contribution in [0.15, 0.2) is 36.4 Å². The summed E-state index contributed by atoms with van der Waals surface area (Å²) in [5, 5.41) is 13.0. The molecule has 3 rings (SSSR count). The molecule has 0 amide bonds. The number of anilines is 1. The van der Waals surface area contributed by atoms with Gasteiger partial charge in [0.1, 0.15) is 0 Å². The van der Waals surface area contributed by atoms with Crippen molar-refractivity contribution >= 4 is 28.9 Å². The highest BCUT2D eigenvalue weighted by molar-refractivity contribution is 6.31. The van der Waals surface area contributed by atoms with Crippen LogP contribution in [0.3, 0.4) is 0 Å². The minimum absolute atomic E-state index is 0.509. The van der Waals surface area contributed by atoms with Gasteiger partial charge in [-0.1, -0.05) is 29.3 Å². The molecule has 106 valence electrons. The summed E-state index contributed by atoms with van der Waals surface area (Å²) in [5.74, 6) is 0.509. The summed E-state index contributed by atoms with van der Waals surface area (Å²) in [4.78, 5) is 0. The van der Waals surface area contributed by atoms with E-state index in [2.05, 4.69) is 15.5 Å². The molecule has 1 aromatic heterocycles. The highest BCUT2D eigenvalue weighted by atomic mass is 35.5. The Balaban J connectivity index is 2.17. The monoisotopic (exact) mass is 319 g/mol. The average Bonchev–Trinajstić information content (AvgIpc) is 2.93. The van der Waals surface area contributed by atoms with E-state index in [0.29, 0.717) is 27.1 Å². The van der Waals surface area contributed by atoms with Gasteiger partial charge in [-0.25, -0.2) is 0 Å². The summed E-state index contributed by atoms with van der Waals surface area (Å²) in [6.07, 6.45) is 0. The van der Waals surface area contributed by atoms with Crippen LogP contribution in [0.5, 0.6) is 0 Å². The van der Waals surface area contributed by atoms with Crippen molar-refractivity contribution in [3.8, 4) is 17.1 Å². The maximum Gasteiger partial charge on any atom is 0.189 e. The number of benzene rings is 2. The van der Waals surface area contributed by atoms with Crippen molar-refractivity contribution in [1.82, 2.24) is 20.2 Å². The van der Waals surface area contributed by atoms with Crippen molar-refractivity contribution in [2.75, 3.05) is 5.73 Å². The predicted octanol–water partition coefficient (Wildman–Crippen LogP) is 3.53. The van der Waals surface area contributed by atoms with Crippen LogP contribution in [0.1, 0.15) is 5.56 Å². The number of aromatic nitrogens is 4. The van der Waals surface area contributed by atoms with Gasteiger partial charge in [-0.15, -0.1) is 5.10 Å². The number of halogens is 2. The van der Waals surface area contributed by atoms with Crippen molar-refractivity contribution < 1.29 is 0 Å². The van der Waals surface area contributed by atoms with E-state index in [-0.39, 0.29) is 0 Å². The summed E-state index contributed by atoms with van der Waals surface area (Å²) in [6, 6.07) is 10.8. The van der Waals surface area contributed by atoms with E-state index in [0.717, 1.165) is 11.3 Å². The molecule has 0 radical (unpaired) electrons. The SMILES string of the molecule is Cc1ccc(-n2nnnc2-c2cc(Cl)ccc2N)cc1Cl. The predicted molar refractivity (Wildman–Crippen MR) is 83.8 cm³/mol. The molecule has 0 bridgehead atoms. The Hall–Kier alpha value is -2.11. The minimum atomic E-state index is 0.509. The molecule has 21 heavy (non-hydrogen) atoms. The summed E-state index contributed by atoms with van der Waals surface area (Å²) in [5.41, 5.74) is 8.95. The Morgan fingerprint density at radius 1 is 1.10 bits per heavy atom. The quantitative estimate of drug-likeness (QED) is 0.733. The maximum atomic E-state index is 6.16. The third-order valence-corrected chi connectivity index (χ3v) is 3.77. The number of hydrogen-bond donors (Lipinski definition) is 1. The summed E-state index contributed by atoms with van der Waals surface area (Å²) in [7, 11) is 0. The number of aryl methyl sites for hydroxylation is 1. The van der Waals surface area contributed by atoms with Crippen LogP contribution in [-0.2, 0) is 0 Å². The standard InChI is InChI=1S/C14H11Cl2N5/c1-8-2-4-10(7-12(8)16)21-14(18-19-20-21)11-6-9(15)3-5-13(11)17/h2-7H,17H2,1H3. The first kappa shape index (κ1) is 13.9. The van der Waals surface area contributed by atoms with E-state index in [4.69, 9.17) is 28.9 Å². The Morgan fingerprint density at radius 2 is 1.90 bits per heavy atom. The fourth-order valence-electron chi connectivity index (χ4n) is 1.96. The molecule has 0 spiro atoms. The van der Waals surface area contributed by atoms with E-state index < -0.39 is 0 Å². The number of nitrogens with two attached hydrogens (primary N) is 1. The Morgan fingerprint density at radius 3 is 2.67 bits per heavy atom. The first-order valence-electron chi connectivity index (χ1n) is 6.16. The molecule has 0 atom stereocenters. The second-order valence-corrected chi connectivity index (χ2v) is 5.42. The lowest BCUT2D eigenvalue weighted by molar-refractivity contribution is 0.791. The van der Waals surface area contributed by atoms with Gasteiger partial charge in [0, 0.05) is 21.3 Å². The van der Waals surface area contributed by atoms with Crippen molar-refractivity contribution in [2.45, 2.75) is 6.92 Å². The zero-order valence-electron chi connectivity index (χ0n) is 11.1. The number of nitrogens with zero attached hydrogens (tertiary/aromatic N) is 4. The van der Waals surface area contributed by atoms with Crippen LogP contribution in [0.4, 0.5) is 5.69 Å². The van der Waals surface area contributed by atoms with Crippen LogP contribution >= 0.6 is 23.2 Å². The number of tetrazole rings is 1. The molecule has 0 saturated heterocycles. The molecule has 7 heteroatoms. The zero-order chi connectivity index (χ0) is 15.0. The van der Waals surface area contributed by atoms with Crippen molar-refractivity contribution in [3.05, 3.63) is 52.0 Å². The molecule has 2 aromatic carbocycles. The number of hydrogen-bond acceptors (Lipinski definition) is 4. The van der Waals surface area contributed by atoms with Crippen LogP contribution in [0, 0.1) is 6.92 Å². The second-order valence-electron chi connectivity index (χ2n) is 4.58. The summed E-state index contributed by atoms with van der Waals surface area (Å²) < 4.78 is 1.58. The molecule has 2 N–H and O–H groups in total. The molecule has 0 aliphatic rings. The molecular weight excluding hydrogens is 309 g/mol. The van der Waals surface area contributed by atoms with Gasteiger partial charge >= 0.3 is 0 Å². The van der Waals surface area contributed by atoms with E-state index in [1.54, 1.807) is 28.9 Å². The summed E-state index contributed by atoms with van der Waals surface area (Å²) in [6.45, 7) is 1.93. The van der Waals surface area contributed by atoms with Gasteiger partial charge in [0.25, 0.3) is 0 Å². The molecule has 0 aliphatic carbocycles. The van der Waals surface area contributed by atoms with Crippen LogP contribution in [-0.4, -0.2) is 20.2 Å².